The topological polar surface area (TPSA) is 49.8 Å². The molecular formula is C8H19NO3. The molecule has 1 N–H and O–H groups in total. The summed E-state index contributed by atoms with van der Waals surface area (Å²) in [6.07, 6.45) is 0.222. The van der Waals surface area contributed by atoms with Crippen LogP contribution in [-0.2, 0) is 4.74 Å². The zero-order valence-corrected chi connectivity index (χ0v) is 8.33. The molecule has 0 fully saturated rings. The first-order valence-electron chi connectivity index (χ1n) is 4.12. The van der Waals surface area contributed by atoms with Crippen molar-refractivity contribution in [1.29, 1.82) is 0 Å². The van der Waals surface area contributed by atoms with Gasteiger partial charge >= 0.3 is 6.09 Å². The van der Waals surface area contributed by atoms with Gasteiger partial charge in [-0.1, -0.05) is 13.8 Å². The van der Waals surface area contributed by atoms with Crippen LogP contribution in [-0.4, -0.2) is 43.4 Å². The lowest BCUT2D eigenvalue weighted by atomic mass is 10.4. The van der Waals surface area contributed by atoms with Gasteiger partial charge < -0.3 is 14.7 Å². The minimum Gasteiger partial charge on any atom is -0.453 e. The van der Waals surface area contributed by atoms with E-state index in [2.05, 4.69) is 4.74 Å². The van der Waals surface area contributed by atoms with Crippen molar-refractivity contribution in [2.24, 2.45) is 0 Å². The second kappa shape index (κ2) is 10.2. The maximum absolute atomic E-state index is 10.6. The normalized spacial score (nSPS) is 8.08. The lowest BCUT2D eigenvalue weighted by molar-refractivity contribution is 0.130. The second-order valence-electron chi connectivity index (χ2n) is 1.97. The molecule has 74 valence electrons. The first-order chi connectivity index (χ1) is 5.72. The second-order valence-corrected chi connectivity index (χ2v) is 1.97. The number of hydrogen-bond acceptors (Lipinski definition) is 3. The van der Waals surface area contributed by atoms with Gasteiger partial charge in [0.2, 0.25) is 0 Å². The highest BCUT2D eigenvalue weighted by Gasteiger charge is 2.05. The summed E-state index contributed by atoms with van der Waals surface area (Å²) in [5, 5.41) is 8.39. The molecule has 12 heavy (non-hydrogen) atoms. The fourth-order valence-electron chi connectivity index (χ4n) is 0.555. The molecule has 4 nitrogen and oxygen atoms in total. The highest BCUT2D eigenvalue weighted by Crippen LogP contribution is 1.89. The van der Waals surface area contributed by atoms with Gasteiger partial charge in [-0.25, -0.2) is 4.79 Å². The average Bonchev–Trinajstić information content (AvgIpc) is 2.16. The average molecular weight is 177 g/mol. The maximum atomic E-state index is 10.6. The van der Waals surface area contributed by atoms with Crippen LogP contribution in [0.5, 0.6) is 0 Å². The number of rotatable bonds is 3. The molecule has 0 heterocycles. The Morgan fingerprint density at radius 1 is 1.50 bits per heavy atom. The summed E-state index contributed by atoms with van der Waals surface area (Å²) in [6.45, 7) is 4.63. The molecule has 0 aromatic carbocycles. The molecule has 0 spiro atoms. The van der Waals surface area contributed by atoms with E-state index in [1.54, 1.807) is 7.05 Å². The van der Waals surface area contributed by atoms with E-state index >= 15 is 0 Å². The number of carbonyl (C=O) groups is 1. The number of methoxy groups -OCH3 is 1. The van der Waals surface area contributed by atoms with Crippen LogP contribution in [0.4, 0.5) is 4.79 Å². The molecule has 0 aromatic heterocycles. The van der Waals surface area contributed by atoms with Crippen molar-refractivity contribution < 1.29 is 14.6 Å². The van der Waals surface area contributed by atoms with Crippen LogP contribution < -0.4 is 0 Å². The summed E-state index contributed by atoms with van der Waals surface area (Å²) in [5.41, 5.74) is 0. The molecule has 0 aliphatic heterocycles. The number of ether oxygens (including phenoxy) is 1. The Kier molecular flexibility index (Phi) is 11.8. The zero-order chi connectivity index (χ0) is 9.98. The summed E-state index contributed by atoms with van der Waals surface area (Å²) in [6, 6.07) is 0. The Morgan fingerprint density at radius 3 is 2.33 bits per heavy atom. The monoisotopic (exact) mass is 177 g/mol. The number of carbonyl (C=O) groups excluding carboxylic acids is 1. The van der Waals surface area contributed by atoms with E-state index in [9.17, 15) is 4.79 Å². The summed E-state index contributed by atoms with van der Waals surface area (Å²) in [4.78, 5) is 12.1. The van der Waals surface area contributed by atoms with Crippen molar-refractivity contribution in [2.45, 2.75) is 20.3 Å². The number of hydrogen-bond donors (Lipinski definition) is 1. The molecule has 0 unspecified atom stereocenters. The van der Waals surface area contributed by atoms with Crippen LogP contribution in [0.1, 0.15) is 20.3 Å². The standard InChI is InChI=1S/C6H13NO3.C2H6/c1-7(4-3-5-8)6(9)10-2;1-2/h8H,3-5H2,1-2H3;1-2H3. The van der Waals surface area contributed by atoms with E-state index in [0.717, 1.165) is 0 Å². The van der Waals surface area contributed by atoms with E-state index in [-0.39, 0.29) is 12.7 Å². The first-order valence-corrected chi connectivity index (χ1v) is 4.12. The summed E-state index contributed by atoms with van der Waals surface area (Å²) >= 11 is 0. The smallest absolute Gasteiger partial charge is 0.409 e. The van der Waals surface area contributed by atoms with Crippen molar-refractivity contribution in [1.82, 2.24) is 4.90 Å². The van der Waals surface area contributed by atoms with Crippen molar-refractivity contribution >= 4 is 6.09 Å². The largest absolute Gasteiger partial charge is 0.453 e. The quantitative estimate of drug-likeness (QED) is 0.702. The summed E-state index contributed by atoms with van der Waals surface area (Å²) in [7, 11) is 2.96. The van der Waals surface area contributed by atoms with Gasteiger partial charge in [0.25, 0.3) is 0 Å². The highest BCUT2D eigenvalue weighted by atomic mass is 16.5. The van der Waals surface area contributed by atoms with Gasteiger partial charge in [-0.15, -0.1) is 0 Å². The minimum atomic E-state index is -0.367. The lowest BCUT2D eigenvalue weighted by Crippen LogP contribution is -2.27. The molecule has 1 amide bonds. The van der Waals surface area contributed by atoms with E-state index in [1.807, 2.05) is 13.8 Å². The van der Waals surface area contributed by atoms with Gasteiger partial charge in [-0.2, -0.15) is 0 Å². The van der Waals surface area contributed by atoms with Crippen LogP contribution >= 0.6 is 0 Å². The fraction of sp³-hybridized carbons (Fsp3) is 0.875. The maximum Gasteiger partial charge on any atom is 0.409 e. The number of nitrogens with zero attached hydrogens (tertiary/aromatic N) is 1. The van der Waals surface area contributed by atoms with Crippen LogP contribution in [0.2, 0.25) is 0 Å². The molecule has 0 aliphatic carbocycles. The molecule has 0 saturated heterocycles. The van der Waals surface area contributed by atoms with Gasteiger partial charge in [-0.3, -0.25) is 0 Å². The summed E-state index contributed by atoms with van der Waals surface area (Å²) < 4.78 is 4.41. The summed E-state index contributed by atoms with van der Waals surface area (Å²) in [5.74, 6) is 0. The van der Waals surface area contributed by atoms with Crippen molar-refractivity contribution in [3.63, 3.8) is 0 Å². The van der Waals surface area contributed by atoms with Crippen LogP contribution in [0.15, 0.2) is 0 Å². The van der Waals surface area contributed by atoms with Crippen molar-refractivity contribution in [3.8, 4) is 0 Å². The zero-order valence-electron chi connectivity index (χ0n) is 8.33. The Bertz CT molecular complexity index is 106. The van der Waals surface area contributed by atoms with Gasteiger partial charge in [0, 0.05) is 20.2 Å². The number of amides is 1. The Hall–Kier alpha value is -0.770. The third-order valence-electron chi connectivity index (χ3n) is 1.14. The Morgan fingerprint density at radius 2 is 2.00 bits per heavy atom. The van der Waals surface area contributed by atoms with Gasteiger partial charge in [0.15, 0.2) is 0 Å². The van der Waals surface area contributed by atoms with Crippen molar-refractivity contribution in [3.05, 3.63) is 0 Å². The Labute approximate surface area is 74.1 Å². The number of aliphatic hydroxyl groups excluding tert-OH is 1. The van der Waals surface area contributed by atoms with Gasteiger partial charge in [0.1, 0.15) is 0 Å². The highest BCUT2D eigenvalue weighted by molar-refractivity contribution is 5.66. The van der Waals surface area contributed by atoms with E-state index in [0.29, 0.717) is 13.0 Å². The lowest BCUT2D eigenvalue weighted by Gasteiger charge is -2.13. The van der Waals surface area contributed by atoms with Gasteiger partial charge in [0.05, 0.1) is 7.11 Å². The van der Waals surface area contributed by atoms with Crippen LogP contribution in [0.3, 0.4) is 0 Å². The van der Waals surface area contributed by atoms with E-state index in [1.165, 1.54) is 12.0 Å². The third-order valence-corrected chi connectivity index (χ3v) is 1.14. The molecule has 0 radical (unpaired) electrons. The molecule has 0 aromatic rings. The minimum absolute atomic E-state index is 0.0985. The molecule has 0 bridgehead atoms. The van der Waals surface area contributed by atoms with E-state index < -0.39 is 0 Å². The fourth-order valence-corrected chi connectivity index (χ4v) is 0.555. The molecular weight excluding hydrogens is 158 g/mol. The molecule has 0 atom stereocenters. The predicted molar refractivity (Wildman–Crippen MR) is 48.1 cm³/mol. The van der Waals surface area contributed by atoms with Crippen molar-refractivity contribution in [2.75, 3.05) is 27.3 Å². The van der Waals surface area contributed by atoms with Gasteiger partial charge in [-0.05, 0) is 6.42 Å². The Balaban J connectivity index is 0. The predicted octanol–water partition coefficient (Wildman–Crippen LogP) is 1.09. The van der Waals surface area contributed by atoms with Crippen LogP contribution in [0, 0.1) is 0 Å². The molecule has 4 heteroatoms. The van der Waals surface area contributed by atoms with Crippen LogP contribution in [0.25, 0.3) is 0 Å². The SMILES string of the molecule is CC.COC(=O)N(C)CCCO. The number of aliphatic hydroxyl groups is 1. The third kappa shape index (κ3) is 7.34. The molecule has 0 aliphatic rings. The first kappa shape index (κ1) is 13.8. The molecule has 0 saturated carbocycles. The molecule has 0 rings (SSSR count). The van der Waals surface area contributed by atoms with E-state index in [4.69, 9.17) is 5.11 Å².